The van der Waals surface area contributed by atoms with Gasteiger partial charge in [0.15, 0.2) is 5.82 Å². The number of benzene rings is 2. The van der Waals surface area contributed by atoms with Crippen molar-refractivity contribution in [1.29, 1.82) is 0 Å². The van der Waals surface area contributed by atoms with Crippen LogP contribution in [-0.4, -0.2) is 19.7 Å². The number of nitrogens with one attached hydrogen (secondary N) is 1. The summed E-state index contributed by atoms with van der Waals surface area (Å²) in [6, 6.07) is 20.9. The summed E-state index contributed by atoms with van der Waals surface area (Å²) in [4.78, 5) is 16.0. The Hall–Kier alpha value is -3.21. The molecule has 0 unspecified atom stereocenters. The van der Waals surface area contributed by atoms with E-state index < -0.39 is 0 Å². The van der Waals surface area contributed by atoms with E-state index in [0.717, 1.165) is 22.4 Å². The summed E-state index contributed by atoms with van der Waals surface area (Å²) < 4.78 is 1.95. The number of hydrogen-bond acceptors (Lipinski definition) is 3. The minimum absolute atomic E-state index is 0.227. The molecule has 0 saturated carbocycles. The number of imidazole rings is 1. The average Bonchev–Trinajstić information content (AvgIpc) is 2.96. The van der Waals surface area contributed by atoms with Gasteiger partial charge in [-0.1, -0.05) is 42.5 Å². The van der Waals surface area contributed by atoms with E-state index >= 15 is 0 Å². The van der Waals surface area contributed by atoms with Gasteiger partial charge in [-0.25, -0.2) is 10.1 Å². The molecule has 2 aromatic carbocycles. The predicted molar refractivity (Wildman–Crippen MR) is 84.9 cm³/mol. The van der Waals surface area contributed by atoms with E-state index in [1.54, 1.807) is 6.07 Å². The van der Waals surface area contributed by atoms with Crippen LogP contribution in [0.1, 0.15) is 0 Å². The molecular weight excluding hydrogens is 276 g/mol. The summed E-state index contributed by atoms with van der Waals surface area (Å²) in [5, 5.41) is 6.62. The van der Waals surface area contributed by atoms with Crippen molar-refractivity contribution in [2.75, 3.05) is 0 Å². The number of H-pyrrole nitrogens is 1. The van der Waals surface area contributed by atoms with E-state index in [2.05, 4.69) is 10.2 Å². The molecule has 0 aliphatic carbocycles. The quantitative estimate of drug-likeness (QED) is 0.617. The van der Waals surface area contributed by atoms with Gasteiger partial charge in [-0.15, -0.1) is 0 Å². The zero-order chi connectivity index (χ0) is 14.9. The highest BCUT2D eigenvalue weighted by Crippen LogP contribution is 2.27. The third kappa shape index (κ3) is 2.00. The lowest BCUT2D eigenvalue weighted by Gasteiger charge is -2.07. The average molecular weight is 288 g/mol. The van der Waals surface area contributed by atoms with Gasteiger partial charge in [-0.05, 0) is 18.2 Å². The molecule has 5 heteroatoms. The van der Waals surface area contributed by atoms with Gasteiger partial charge in [0.05, 0.1) is 11.0 Å². The molecule has 2 heterocycles. The van der Waals surface area contributed by atoms with Crippen LogP contribution in [0.5, 0.6) is 0 Å². The van der Waals surface area contributed by atoms with Crippen LogP contribution in [0.3, 0.4) is 0 Å². The molecule has 0 bridgehead atoms. The molecule has 0 atom stereocenters. The van der Waals surface area contributed by atoms with Gasteiger partial charge in [0.25, 0.3) is 5.56 Å². The van der Waals surface area contributed by atoms with Crippen molar-refractivity contribution < 1.29 is 0 Å². The number of rotatable bonds is 2. The Kier molecular flexibility index (Phi) is 2.83. The zero-order valence-electron chi connectivity index (χ0n) is 11.6. The second-order valence-corrected chi connectivity index (χ2v) is 4.90. The molecule has 22 heavy (non-hydrogen) atoms. The van der Waals surface area contributed by atoms with Gasteiger partial charge < -0.3 is 0 Å². The highest BCUT2D eigenvalue weighted by atomic mass is 16.1. The summed E-state index contributed by atoms with van der Waals surface area (Å²) in [7, 11) is 0. The lowest BCUT2D eigenvalue weighted by Crippen LogP contribution is -2.09. The zero-order valence-corrected chi connectivity index (χ0v) is 11.6. The van der Waals surface area contributed by atoms with Crippen molar-refractivity contribution in [3.8, 4) is 17.2 Å². The van der Waals surface area contributed by atoms with Crippen molar-refractivity contribution in [1.82, 2.24) is 19.7 Å². The van der Waals surface area contributed by atoms with E-state index in [-0.39, 0.29) is 5.56 Å². The third-order valence-electron chi connectivity index (χ3n) is 3.49. The molecule has 4 rings (SSSR count). The fourth-order valence-electron chi connectivity index (χ4n) is 2.50. The SMILES string of the molecule is O=c1ccc(-n2c(-c3ccccc3)nc3ccccc32)n[nH]1. The third-order valence-corrected chi connectivity index (χ3v) is 3.49. The Bertz CT molecular complexity index is 982. The molecule has 1 N–H and O–H groups in total. The Balaban J connectivity index is 2.06. The maximum Gasteiger partial charge on any atom is 0.264 e. The van der Waals surface area contributed by atoms with Gasteiger partial charge in [-0.3, -0.25) is 9.36 Å². The van der Waals surface area contributed by atoms with E-state index in [0.29, 0.717) is 5.82 Å². The van der Waals surface area contributed by atoms with Crippen molar-refractivity contribution in [3.05, 3.63) is 77.1 Å². The van der Waals surface area contributed by atoms with E-state index in [1.807, 2.05) is 59.2 Å². The number of nitrogens with zero attached hydrogens (tertiary/aromatic N) is 3. The molecule has 0 amide bonds. The summed E-state index contributed by atoms with van der Waals surface area (Å²) in [5.74, 6) is 1.42. The summed E-state index contributed by atoms with van der Waals surface area (Å²) in [6.07, 6.45) is 0. The van der Waals surface area contributed by atoms with Gasteiger partial charge in [0, 0.05) is 11.6 Å². The largest absolute Gasteiger partial charge is 0.275 e. The monoisotopic (exact) mass is 288 g/mol. The Labute approximate surface area is 125 Å². The molecule has 2 aromatic heterocycles. The highest BCUT2D eigenvalue weighted by Gasteiger charge is 2.14. The van der Waals surface area contributed by atoms with Gasteiger partial charge in [-0.2, -0.15) is 5.10 Å². The van der Waals surface area contributed by atoms with E-state index in [1.165, 1.54) is 6.07 Å². The molecule has 0 saturated heterocycles. The minimum atomic E-state index is -0.227. The number of para-hydroxylation sites is 2. The van der Waals surface area contributed by atoms with E-state index in [4.69, 9.17) is 4.98 Å². The van der Waals surface area contributed by atoms with Gasteiger partial charge in [0.2, 0.25) is 0 Å². The lowest BCUT2D eigenvalue weighted by molar-refractivity contribution is 0.911. The molecule has 4 aromatic rings. The van der Waals surface area contributed by atoms with E-state index in [9.17, 15) is 4.79 Å². The van der Waals surface area contributed by atoms with Crippen molar-refractivity contribution >= 4 is 11.0 Å². The van der Waals surface area contributed by atoms with Crippen LogP contribution >= 0.6 is 0 Å². The second kappa shape index (κ2) is 4.96. The van der Waals surface area contributed by atoms with Crippen LogP contribution in [0.15, 0.2) is 71.5 Å². The first kappa shape index (κ1) is 12.5. The molecule has 0 aliphatic rings. The van der Waals surface area contributed by atoms with Gasteiger partial charge in [0.1, 0.15) is 5.82 Å². The molecule has 0 fully saturated rings. The number of hydrogen-bond donors (Lipinski definition) is 1. The molecule has 106 valence electrons. The maximum absolute atomic E-state index is 11.3. The number of aromatic amines is 1. The molecule has 0 radical (unpaired) electrons. The topological polar surface area (TPSA) is 63.6 Å². The summed E-state index contributed by atoms with van der Waals surface area (Å²) >= 11 is 0. The normalized spacial score (nSPS) is 10.9. The lowest BCUT2D eigenvalue weighted by atomic mass is 10.2. The summed E-state index contributed by atoms with van der Waals surface area (Å²) in [5.41, 5.74) is 2.59. The number of aromatic nitrogens is 4. The molecular formula is C17H12N4O. The highest BCUT2D eigenvalue weighted by molar-refractivity contribution is 5.82. The van der Waals surface area contributed by atoms with Crippen LogP contribution in [0.4, 0.5) is 0 Å². The Morgan fingerprint density at radius 1 is 0.864 bits per heavy atom. The first-order valence-corrected chi connectivity index (χ1v) is 6.92. The molecule has 0 spiro atoms. The number of fused-ring (bicyclic) bond motifs is 1. The predicted octanol–water partition coefficient (Wildman–Crippen LogP) is 2.78. The first-order valence-electron chi connectivity index (χ1n) is 6.92. The fourth-order valence-corrected chi connectivity index (χ4v) is 2.50. The molecule has 0 aliphatic heterocycles. The minimum Gasteiger partial charge on any atom is -0.275 e. The van der Waals surface area contributed by atoms with Crippen LogP contribution < -0.4 is 5.56 Å². The van der Waals surface area contributed by atoms with Crippen molar-refractivity contribution in [2.24, 2.45) is 0 Å². The Morgan fingerprint density at radius 2 is 1.64 bits per heavy atom. The van der Waals surface area contributed by atoms with Crippen LogP contribution in [-0.2, 0) is 0 Å². The van der Waals surface area contributed by atoms with Crippen LogP contribution in [0, 0.1) is 0 Å². The smallest absolute Gasteiger partial charge is 0.264 e. The van der Waals surface area contributed by atoms with Crippen molar-refractivity contribution in [2.45, 2.75) is 0 Å². The maximum atomic E-state index is 11.3. The van der Waals surface area contributed by atoms with Crippen LogP contribution in [0.25, 0.3) is 28.2 Å². The van der Waals surface area contributed by atoms with Crippen LogP contribution in [0.2, 0.25) is 0 Å². The standard InChI is InChI=1S/C17H12N4O/c22-16-11-10-15(19-20-16)21-14-9-5-4-8-13(14)18-17(21)12-6-2-1-3-7-12/h1-11H,(H,20,22). The second-order valence-electron chi connectivity index (χ2n) is 4.90. The first-order chi connectivity index (χ1) is 10.8. The Morgan fingerprint density at radius 3 is 2.41 bits per heavy atom. The van der Waals surface area contributed by atoms with Crippen molar-refractivity contribution in [3.63, 3.8) is 0 Å². The summed E-state index contributed by atoms with van der Waals surface area (Å²) in [6.45, 7) is 0. The van der Waals surface area contributed by atoms with Gasteiger partial charge >= 0.3 is 0 Å². The molecule has 5 nitrogen and oxygen atoms in total. The fraction of sp³-hybridized carbons (Fsp3) is 0.